The average Bonchev–Trinajstić information content (AvgIpc) is 3.10. The molecule has 0 radical (unpaired) electrons. The third kappa shape index (κ3) is 3.69. The highest BCUT2D eigenvalue weighted by molar-refractivity contribution is 6.31. The molecule has 3 aromatic heterocycles. The van der Waals surface area contributed by atoms with Crippen molar-refractivity contribution in [3.8, 4) is 11.4 Å². The number of H-pyrrole nitrogens is 1. The maximum Gasteiger partial charge on any atom is 0.209 e. The standard InChI is InChI=1S/C17H16ClFN6O2/c18-10-3-12-13(6-22-15(12)20-4-10)16-23-7-14(19)17(24-16)21-5-11-8-25(9-26)1-2-27-11/h3-4,6-7,9,11H,1-2,5,8H2,(H,20,22)(H,21,23,24). The molecule has 2 N–H and O–H groups in total. The first kappa shape index (κ1) is 17.6. The zero-order chi connectivity index (χ0) is 18.8. The Morgan fingerprint density at radius 3 is 3.19 bits per heavy atom. The van der Waals surface area contributed by atoms with E-state index < -0.39 is 5.82 Å². The van der Waals surface area contributed by atoms with Crippen LogP contribution in [0.4, 0.5) is 10.2 Å². The van der Waals surface area contributed by atoms with E-state index in [2.05, 4.69) is 25.3 Å². The molecule has 4 heterocycles. The van der Waals surface area contributed by atoms with Gasteiger partial charge >= 0.3 is 0 Å². The lowest BCUT2D eigenvalue weighted by molar-refractivity contribution is -0.124. The van der Waals surface area contributed by atoms with Crippen molar-refractivity contribution in [3.63, 3.8) is 0 Å². The molecule has 0 saturated carbocycles. The summed E-state index contributed by atoms with van der Waals surface area (Å²) in [5, 5.41) is 4.18. The van der Waals surface area contributed by atoms with Crippen molar-refractivity contribution in [2.75, 3.05) is 31.6 Å². The van der Waals surface area contributed by atoms with Gasteiger partial charge in [-0.2, -0.15) is 0 Å². The molecular formula is C17H16ClFN6O2. The summed E-state index contributed by atoms with van der Waals surface area (Å²) in [6, 6.07) is 1.75. The molecule has 3 aromatic rings. The van der Waals surface area contributed by atoms with Gasteiger partial charge in [-0.25, -0.2) is 19.3 Å². The predicted molar refractivity (Wildman–Crippen MR) is 98.0 cm³/mol. The summed E-state index contributed by atoms with van der Waals surface area (Å²) >= 11 is 6.02. The Balaban J connectivity index is 1.56. The Labute approximate surface area is 158 Å². The number of anilines is 1. The fourth-order valence-corrected chi connectivity index (χ4v) is 3.11. The van der Waals surface area contributed by atoms with Crippen molar-refractivity contribution in [1.82, 2.24) is 24.8 Å². The number of rotatable bonds is 5. The van der Waals surface area contributed by atoms with Gasteiger partial charge in [0.15, 0.2) is 17.5 Å². The van der Waals surface area contributed by atoms with E-state index in [1.165, 1.54) is 6.20 Å². The quantitative estimate of drug-likeness (QED) is 0.647. The molecule has 1 saturated heterocycles. The number of ether oxygens (including phenoxy) is 1. The van der Waals surface area contributed by atoms with E-state index in [0.717, 1.165) is 18.0 Å². The number of nitrogens with zero attached hydrogens (tertiary/aromatic N) is 4. The molecular weight excluding hydrogens is 375 g/mol. The molecule has 10 heteroatoms. The average molecular weight is 391 g/mol. The SMILES string of the molecule is O=CN1CCOC(CNc2nc(-c3c[nH]c4ncc(Cl)cc34)ncc2F)C1. The van der Waals surface area contributed by atoms with Gasteiger partial charge in [-0.15, -0.1) is 0 Å². The molecule has 1 unspecified atom stereocenters. The maximum atomic E-state index is 14.2. The molecule has 0 aromatic carbocycles. The van der Waals surface area contributed by atoms with Gasteiger partial charge in [0.2, 0.25) is 6.41 Å². The monoisotopic (exact) mass is 390 g/mol. The zero-order valence-corrected chi connectivity index (χ0v) is 14.9. The summed E-state index contributed by atoms with van der Waals surface area (Å²) in [6.07, 6.45) is 4.90. The Morgan fingerprint density at radius 2 is 2.33 bits per heavy atom. The number of halogens is 2. The smallest absolute Gasteiger partial charge is 0.209 e. The number of hydrogen-bond donors (Lipinski definition) is 2. The maximum absolute atomic E-state index is 14.2. The van der Waals surface area contributed by atoms with Crippen LogP contribution in [0.25, 0.3) is 22.4 Å². The van der Waals surface area contributed by atoms with Gasteiger partial charge < -0.3 is 19.9 Å². The van der Waals surface area contributed by atoms with Crippen LogP contribution in [0.15, 0.2) is 24.7 Å². The van der Waals surface area contributed by atoms with E-state index in [9.17, 15) is 9.18 Å². The molecule has 0 bridgehead atoms. The first-order valence-electron chi connectivity index (χ1n) is 8.34. The Morgan fingerprint density at radius 1 is 1.44 bits per heavy atom. The number of hydrogen-bond acceptors (Lipinski definition) is 6. The molecule has 27 heavy (non-hydrogen) atoms. The third-order valence-corrected chi connectivity index (χ3v) is 4.51. The summed E-state index contributed by atoms with van der Waals surface area (Å²) in [6.45, 7) is 1.77. The van der Waals surface area contributed by atoms with Crippen LogP contribution in [-0.2, 0) is 9.53 Å². The van der Waals surface area contributed by atoms with Gasteiger partial charge in [0.1, 0.15) is 5.65 Å². The van der Waals surface area contributed by atoms with Crippen LogP contribution in [0.2, 0.25) is 5.02 Å². The normalized spacial score (nSPS) is 17.3. The first-order chi connectivity index (χ1) is 13.1. The number of aromatic nitrogens is 4. The highest BCUT2D eigenvalue weighted by Crippen LogP contribution is 2.28. The first-order valence-corrected chi connectivity index (χ1v) is 8.72. The minimum atomic E-state index is -0.571. The number of nitrogens with one attached hydrogen (secondary N) is 2. The third-order valence-electron chi connectivity index (χ3n) is 4.30. The van der Waals surface area contributed by atoms with Crippen LogP contribution in [-0.4, -0.2) is 63.6 Å². The minimum Gasteiger partial charge on any atom is -0.373 e. The lowest BCUT2D eigenvalue weighted by Gasteiger charge is -2.30. The van der Waals surface area contributed by atoms with Crippen LogP contribution in [0, 0.1) is 5.82 Å². The second-order valence-electron chi connectivity index (χ2n) is 6.12. The van der Waals surface area contributed by atoms with E-state index in [-0.39, 0.29) is 11.9 Å². The van der Waals surface area contributed by atoms with E-state index in [4.69, 9.17) is 16.3 Å². The molecule has 1 aliphatic heterocycles. The summed E-state index contributed by atoms with van der Waals surface area (Å²) in [5.74, 6) is -0.165. The van der Waals surface area contributed by atoms with E-state index in [1.807, 2.05) is 0 Å². The zero-order valence-electron chi connectivity index (χ0n) is 14.2. The molecule has 0 spiro atoms. The van der Waals surface area contributed by atoms with Crippen LogP contribution >= 0.6 is 11.6 Å². The minimum absolute atomic E-state index is 0.0659. The number of carbonyl (C=O) groups excluding carboxylic acids is 1. The Bertz CT molecular complexity index is 981. The summed E-state index contributed by atoms with van der Waals surface area (Å²) in [7, 11) is 0. The van der Waals surface area contributed by atoms with Crippen molar-refractivity contribution in [1.29, 1.82) is 0 Å². The summed E-state index contributed by atoms with van der Waals surface area (Å²) in [5.41, 5.74) is 1.31. The summed E-state index contributed by atoms with van der Waals surface area (Å²) < 4.78 is 19.7. The van der Waals surface area contributed by atoms with Crippen molar-refractivity contribution < 1.29 is 13.9 Å². The fourth-order valence-electron chi connectivity index (χ4n) is 2.96. The van der Waals surface area contributed by atoms with Crippen molar-refractivity contribution in [3.05, 3.63) is 35.5 Å². The number of amides is 1. The second-order valence-corrected chi connectivity index (χ2v) is 6.55. The van der Waals surface area contributed by atoms with Crippen molar-refractivity contribution in [2.45, 2.75) is 6.10 Å². The van der Waals surface area contributed by atoms with E-state index in [1.54, 1.807) is 17.2 Å². The summed E-state index contributed by atoms with van der Waals surface area (Å²) in [4.78, 5) is 28.1. The lowest BCUT2D eigenvalue weighted by atomic mass is 10.2. The molecule has 1 atom stereocenters. The van der Waals surface area contributed by atoms with Crippen molar-refractivity contribution in [2.24, 2.45) is 0 Å². The number of aromatic amines is 1. The number of pyridine rings is 1. The molecule has 0 aliphatic carbocycles. The van der Waals surface area contributed by atoms with Gasteiger partial charge in [-0.3, -0.25) is 4.79 Å². The Hall–Kier alpha value is -2.78. The van der Waals surface area contributed by atoms with E-state index >= 15 is 0 Å². The van der Waals surface area contributed by atoms with Gasteiger partial charge in [0.05, 0.1) is 23.9 Å². The van der Waals surface area contributed by atoms with Gasteiger partial charge in [-0.1, -0.05) is 11.6 Å². The van der Waals surface area contributed by atoms with Gasteiger partial charge in [-0.05, 0) is 6.07 Å². The molecule has 140 valence electrons. The lowest BCUT2D eigenvalue weighted by Crippen LogP contribution is -2.44. The van der Waals surface area contributed by atoms with Gasteiger partial charge in [0, 0.05) is 43.0 Å². The van der Waals surface area contributed by atoms with Crippen molar-refractivity contribution >= 4 is 34.9 Å². The van der Waals surface area contributed by atoms with Gasteiger partial charge in [0.25, 0.3) is 0 Å². The molecule has 1 fully saturated rings. The van der Waals surface area contributed by atoms with Crippen LogP contribution in [0.3, 0.4) is 0 Å². The predicted octanol–water partition coefficient (Wildman–Crippen LogP) is 2.08. The molecule has 1 amide bonds. The highest BCUT2D eigenvalue weighted by atomic mass is 35.5. The topological polar surface area (TPSA) is 96.0 Å². The number of fused-ring (bicyclic) bond motifs is 1. The van der Waals surface area contributed by atoms with Crippen LogP contribution < -0.4 is 5.32 Å². The fraction of sp³-hybridized carbons (Fsp3) is 0.294. The van der Waals surface area contributed by atoms with E-state index in [0.29, 0.717) is 48.3 Å². The molecule has 1 aliphatic rings. The van der Waals surface area contributed by atoms with Crippen LogP contribution in [0.1, 0.15) is 0 Å². The Kier molecular flexibility index (Phi) is 4.87. The van der Waals surface area contributed by atoms with Crippen LogP contribution in [0.5, 0.6) is 0 Å². The molecule has 8 nitrogen and oxygen atoms in total. The second kappa shape index (κ2) is 7.45. The number of carbonyl (C=O) groups is 1. The number of morpholine rings is 1. The molecule has 4 rings (SSSR count). The largest absolute Gasteiger partial charge is 0.373 e. The highest BCUT2D eigenvalue weighted by Gasteiger charge is 2.20.